The van der Waals surface area contributed by atoms with Gasteiger partial charge in [-0.2, -0.15) is 4.98 Å². The molecule has 0 atom stereocenters. The standard InChI is InChI=1S/C17H22ClN5O.HI/c1-4-5-6-10-23(3)17(19-2)20-12-15-21-16(22-24-15)13-8-7-9-14(18)11-13;/h4,7-9,11H,1,5-6,10,12H2,2-3H3,(H,19,20);1H. The van der Waals surface area contributed by atoms with E-state index >= 15 is 0 Å². The van der Waals surface area contributed by atoms with Gasteiger partial charge in [0.25, 0.3) is 0 Å². The second-order valence-corrected chi connectivity index (χ2v) is 5.71. The number of nitrogens with one attached hydrogen (secondary N) is 1. The van der Waals surface area contributed by atoms with Crippen LogP contribution in [-0.2, 0) is 6.54 Å². The molecule has 1 aromatic heterocycles. The van der Waals surface area contributed by atoms with E-state index in [4.69, 9.17) is 16.1 Å². The number of aliphatic imine (C=N–C) groups is 1. The Balaban J connectivity index is 0.00000312. The first-order chi connectivity index (χ1) is 11.6. The number of hydrogen-bond acceptors (Lipinski definition) is 4. The number of unbranched alkanes of at least 4 members (excludes halogenated alkanes) is 1. The molecule has 0 spiro atoms. The van der Waals surface area contributed by atoms with E-state index in [0.29, 0.717) is 23.3 Å². The molecule has 1 N–H and O–H groups in total. The van der Waals surface area contributed by atoms with Crippen LogP contribution in [-0.4, -0.2) is 41.6 Å². The van der Waals surface area contributed by atoms with E-state index in [-0.39, 0.29) is 24.0 Å². The Labute approximate surface area is 170 Å². The number of nitrogens with zero attached hydrogens (tertiary/aromatic N) is 4. The minimum Gasteiger partial charge on any atom is -0.347 e. The molecular weight excluding hydrogens is 453 g/mol. The molecule has 0 saturated carbocycles. The predicted octanol–water partition coefficient (Wildman–Crippen LogP) is 3.98. The summed E-state index contributed by atoms with van der Waals surface area (Å²) in [5, 5.41) is 7.84. The number of halogens is 2. The summed E-state index contributed by atoms with van der Waals surface area (Å²) in [4.78, 5) is 10.7. The number of benzene rings is 1. The van der Waals surface area contributed by atoms with Crippen molar-refractivity contribution in [2.24, 2.45) is 4.99 Å². The van der Waals surface area contributed by atoms with Crippen molar-refractivity contribution in [3.05, 3.63) is 47.8 Å². The first kappa shape index (κ1) is 21.4. The Morgan fingerprint density at radius 2 is 2.28 bits per heavy atom. The Morgan fingerprint density at radius 3 is 2.96 bits per heavy atom. The van der Waals surface area contributed by atoms with E-state index in [0.717, 1.165) is 30.9 Å². The molecule has 0 aliphatic heterocycles. The molecule has 0 bridgehead atoms. The summed E-state index contributed by atoms with van der Waals surface area (Å²) in [6.45, 7) is 5.03. The molecule has 0 aliphatic rings. The van der Waals surface area contributed by atoms with Crippen molar-refractivity contribution in [2.45, 2.75) is 19.4 Å². The van der Waals surface area contributed by atoms with Crippen LogP contribution < -0.4 is 5.32 Å². The van der Waals surface area contributed by atoms with E-state index in [1.54, 1.807) is 19.2 Å². The number of allylic oxidation sites excluding steroid dienone is 1. The maximum atomic E-state index is 5.98. The zero-order chi connectivity index (χ0) is 17.4. The van der Waals surface area contributed by atoms with E-state index < -0.39 is 0 Å². The van der Waals surface area contributed by atoms with E-state index in [1.165, 1.54) is 0 Å². The van der Waals surface area contributed by atoms with Gasteiger partial charge < -0.3 is 14.7 Å². The molecule has 0 radical (unpaired) electrons. The van der Waals surface area contributed by atoms with E-state index in [1.807, 2.05) is 25.3 Å². The smallest absolute Gasteiger partial charge is 0.246 e. The second-order valence-electron chi connectivity index (χ2n) is 5.28. The van der Waals surface area contributed by atoms with Gasteiger partial charge in [-0.15, -0.1) is 30.6 Å². The van der Waals surface area contributed by atoms with Crippen LogP contribution in [0.1, 0.15) is 18.7 Å². The van der Waals surface area contributed by atoms with Crippen LogP contribution in [0.25, 0.3) is 11.4 Å². The fourth-order valence-electron chi connectivity index (χ4n) is 2.19. The van der Waals surface area contributed by atoms with Gasteiger partial charge in [-0.05, 0) is 25.0 Å². The lowest BCUT2D eigenvalue weighted by molar-refractivity contribution is 0.371. The number of hydrogen-bond donors (Lipinski definition) is 1. The molecule has 0 unspecified atom stereocenters. The van der Waals surface area contributed by atoms with Crippen LogP contribution in [0.15, 0.2) is 46.4 Å². The summed E-state index contributed by atoms with van der Waals surface area (Å²) in [5.41, 5.74) is 0.823. The van der Waals surface area contributed by atoms with Crippen molar-refractivity contribution in [3.63, 3.8) is 0 Å². The van der Waals surface area contributed by atoms with Crippen molar-refractivity contribution < 1.29 is 4.52 Å². The lowest BCUT2D eigenvalue weighted by Gasteiger charge is -2.21. The molecule has 0 aliphatic carbocycles. The average Bonchev–Trinajstić information content (AvgIpc) is 3.05. The Bertz CT molecular complexity index is 704. The van der Waals surface area contributed by atoms with Crippen LogP contribution in [0.3, 0.4) is 0 Å². The van der Waals surface area contributed by atoms with Crippen LogP contribution in [0.4, 0.5) is 0 Å². The summed E-state index contributed by atoms with van der Waals surface area (Å²) in [5.74, 6) is 1.79. The molecule has 6 nitrogen and oxygen atoms in total. The first-order valence-corrected chi connectivity index (χ1v) is 8.13. The molecule has 0 saturated heterocycles. The SMILES string of the molecule is C=CCCCN(C)C(=NC)NCc1nc(-c2cccc(Cl)c2)no1.I. The summed E-state index contributed by atoms with van der Waals surface area (Å²) in [6, 6.07) is 7.35. The maximum absolute atomic E-state index is 5.98. The van der Waals surface area contributed by atoms with Gasteiger partial charge in [0.1, 0.15) is 0 Å². The molecule has 1 heterocycles. The normalized spacial score (nSPS) is 10.9. The Kier molecular flexibility index (Phi) is 9.51. The maximum Gasteiger partial charge on any atom is 0.246 e. The van der Waals surface area contributed by atoms with Gasteiger partial charge in [0.15, 0.2) is 5.96 Å². The van der Waals surface area contributed by atoms with E-state index in [9.17, 15) is 0 Å². The van der Waals surface area contributed by atoms with Gasteiger partial charge in [0, 0.05) is 31.2 Å². The van der Waals surface area contributed by atoms with Crippen LogP contribution in [0.5, 0.6) is 0 Å². The monoisotopic (exact) mass is 475 g/mol. The highest BCUT2D eigenvalue weighted by Crippen LogP contribution is 2.19. The number of aromatic nitrogens is 2. The minimum absolute atomic E-state index is 0. The van der Waals surface area contributed by atoms with Gasteiger partial charge in [0.2, 0.25) is 11.7 Å². The first-order valence-electron chi connectivity index (χ1n) is 7.75. The van der Waals surface area contributed by atoms with Gasteiger partial charge in [-0.25, -0.2) is 0 Å². The minimum atomic E-state index is 0. The van der Waals surface area contributed by atoms with Crippen LogP contribution in [0.2, 0.25) is 5.02 Å². The molecule has 1 aromatic carbocycles. The third kappa shape index (κ3) is 6.66. The van der Waals surface area contributed by atoms with Crippen molar-refractivity contribution in [2.75, 3.05) is 20.6 Å². The van der Waals surface area contributed by atoms with Gasteiger partial charge in [0.05, 0.1) is 6.54 Å². The van der Waals surface area contributed by atoms with Crippen molar-refractivity contribution >= 4 is 41.5 Å². The third-order valence-electron chi connectivity index (χ3n) is 3.42. The zero-order valence-corrected chi connectivity index (χ0v) is 17.5. The Morgan fingerprint density at radius 1 is 1.48 bits per heavy atom. The topological polar surface area (TPSA) is 66.5 Å². The molecular formula is C17H23ClIN5O. The summed E-state index contributed by atoms with van der Waals surface area (Å²) in [7, 11) is 3.74. The second kappa shape index (κ2) is 11.1. The van der Waals surface area contributed by atoms with Gasteiger partial charge in [-0.3, -0.25) is 4.99 Å². The average molecular weight is 476 g/mol. The lowest BCUT2D eigenvalue weighted by Crippen LogP contribution is -2.39. The third-order valence-corrected chi connectivity index (χ3v) is 3.66. The molecule has 25 heavy (non-hydrogen) atoms. The van der Waals surface area contributed by atoms with Gasteiger partial charge >= 0.3 is 0 Å². The molecule has 136 valence electrons. The lowest BCUT2D eigenvalue weighted by atomic mass is 10.2. The highest BCUT2D eigenvalue weighted by molar-refractivity contribution is 14.0. The molecule has 0 fully saturated rings. The molecule has 0 amide bonds. The highest BCUT2D eigenvalue weighted by Gasteiger charge is 2.11. The predicted molar refractivity (Wildman–Crippen MR) is 112 cm³/mol. The van der Waals surface area contributed by atoms with Gasteiger partial charge in [-0.1, -0.05) is 35.0 Å². The summed E-state index contributed by atoms with van der Waals surface area (Å²) >= 11 is 5.98. The van der Waals surface area contributed by atoms with Crippen molar-refractivity contribution in [1.29, 1.82) is 0 Å². The molecule has 2 aromatic rings. The Hall–Kier alpha value is -1.61. The number of guanidine groups is 1. The number of rotatable bonds is 7. The van der Waals surface area contributed by atoms with Crippen LogP contribution >= 0.6 is 35.6 Å². The fourth-order valence-corrected chi connectivity index (χ4v) is 2.38. The van der Waals surface area contributed by atoms with Crippen molar-refractivity contribution in [3.8, 4) is 11.4 Å². The summed E-state index contributed by atoms with van der Waals surface area (Å²) in [6.07, 6.45) is 3.92. The quantitative estimate of drug-likeness (QED) is 0.216. The van der Waals surface area contributed by atoms with E-state index in [2.05, 4.69) is 31.9 Å². The summed E-state index contributed by atoms with van der Waals surface area (Å²) < 4.78 is 5.28. The molecule has 8 heteroatoms. The largest absolute Gasteiger partial charge is 0.347 e. The van der Waals surface area contributed by atoms with Crippen LogP contribution in [0, 0.1) is 0 Å². The fraction of sp³-hybridized carbons (Fsp3) is 0.353. The van der Waals surface area contributed by atoms with Crippen molar-refractivity contribution in [1.82, 2.24) is 20.4 Å². The highest BCUT2D eigenvalue weighted by atomic mass is 127. The zero-order valence-electron chi connectivity index (χ0n) is 14.4. The molecule has 2 rings (SSSR count).